The molecule has 0 aliphatic carbocycles. The van der Waals surface area contributed by atoms with E-state index in [2.05, 4.69) is 10.3 Å². The van der Waals surface area contributed by atoms with Crippen LogP contribution in [0.1, 0.15) is 23.7 Å². The lowest BCUT2D eigenvalue weighted by molar-refractivity contribution is 0.0945. The van der Waals surface area contributed by atoms with Crippen molar-refractivity contribution in [3.05, 3.63) is 42.1 Å². The standard InChI is InChI=1S/C14H16N2O2/c1-10(17)6-8-16-14(18)12-4-5-13-11(9-12)3-2-7-15-13/h2-5,7,9-10,17H,6,8H2,1H3,(H,16,18). The number of amides is 1. The van der Waals surface area contributed by atoms with Crippen molar-refractivity contribution >= 4 is 16.8 Å². The molecule has 1 unspecified atom stereocenters. The average molecular weight is 244 g/mol. The molecular weight excluding hydrogens is 228 g/mol. The second kappa shape index (κ2) is 5.60. The molecule has 0 spiro atoms. The van der Waals surface area contributed by atoms with Crippen molar-refractivity contribution in [1.82, 2.24) is 10.3 Å². The van der Waals surface area contributed by atoms with Crippen LogP contribution in [0.15, 0.2) is 36.5 Å². The first-order chi connectivity index (χ1) is 8.66. The van der Waals surface area contributed by atoms with Gasteiger partial charge in [-0.15, -0.1) is 0 Å². The van der Waals surface area contributed by atoms with Gasteiger partial charge in [0.25, 0.3) is 5.91 Å². The fraction of sp³-hybridized carbons (Fsp3) is 0.286. The molecule has 4 nitrogen and oxygen atoms in total. The smallest absolute Gasteiger partial charge is 0.251 e. The largest absolute Gasteiger partial charge is 0.393 e. The predicted octanol–water partition coefficient (Wildman–Crippen LogP) is 1.74. The van der Waals surface area contributed by atoms with Crippen molar-refractivity contribution in [2.45, 2.75) is 19.4 Å². The number of fused-ring (bicyclic) bond motifs is 1. The Morgan fingerprint density at radius 1 is 1.44 bits per heavy atom. The normalized spacial score (nSPS) is 12.3. The van der Waals surface area contributed by atoms with E-state index in [-0.39, 0.29) is 5.91 Å². The zero-order valence-corrected chi connectivity index (χ0v) is 10.3. The van der Waals surface area contributed by atoms with E-state index in [0.29, 0.717) is 18.5 Å². The fourth-order valence-corrected chi connectivity index (χ4v) is 1.71. The van der Waals surface area contributed by atoms with E-state index in [1.807, 2.05) is 24.3 Å². The Bertz CT molecular complexity index is 552. The van der Waals surface area contributed by atoms with Crippen LogP contribution in [0.4, 0.5) is 0 Å². The van der Waals surface area contributed by atoms with Gasteiger partial charge < -0.3 is 10.4 Å². The molecule has 2 N–H and O–H groups in total. The van der Waals surface area contributed by atoms with Gasteiger partial charge >= 0.3 is 0 Å². The van der Waals surface area contributed by atoms with Gasteiger partial charge in [-0.25, -0.2) is 0 Å². The number of nitrogens with zero attached hydrogens (tertiary/aromatic N) is 1. The number of pyridine rings is 1. The van der Waals surface area contributed by atoms with Crippen LogP contribution >= 0.6 is 0 Å². The summed E-state index contributed by atoms with van der Waals surface area (Å²) in [7, 11) is 0. The average Bonchev–Trinajstić information content (AvgIpc) is 2.37. The summed E-state index contributed by atoms with van der Waals surface area (Å²) in [4.78, 5) is 16.1. The maximum absolute atomic E-state index is 11.9. The van der Waals surface area contributed by atoms with Crippen LogP contribution in [-0.2, 0) is 0 Å². The van der Waals surface area contributed by atoms with Gasteiger partial charge in [0.15, 0.2) is 0 Å². The fourth-order valence-electron chi connectivity index (χ4n) is 1.71. The molecule has 0 aliphatic heterocycles. The summed E-state index contributed by atoms with van der Waals surface area (Å²) in [6.07, 6.45) is 1.89. The summed E-state index contributed by atoms with van der Waals surface area (Å²) in [6.45, 7) is 2.18. The molecule has 0 aliphatic rings. The van der Waals surface area contributed by atoms with Crippen LogP contribution in [0.2, 0.25) is 0 Å². The highest BCUT2D eigenvalue weighted by Gasteiger charge is 2.06. The van der Waals surface area contributed by atoms with E-state index in [9.17, 15) is 4.79 Å². The van der Waals surface area contributed by atoms with Crippen molar-refractivity contribution in [2.24, 2.45) is 0 Å². The van der Waals surface area contributed by atoms with Crippen molar-refractivity contribution in [3.63, 3.8) is 0 Å². The Morgan fingerprint density at radius 2 is 2.28 bits per heavy atom. The van der Waals surface area contributed by atoms with Crippen molar-refractivity contribution in [1.29, 1.82) is 0 Å². The first-order valence-corrected chi connectivity index (χ1v) is 5.98. The quantitative estimate of drug-likeness (QED) is 0.861. The van der Waals surface area contributed by atoms with Gasteiger partial charge in [-0.05, 0) is 37.6 Å². The Labute approximate surface area is 106 Å². The Balaban J connectivity index is 2.08. The van der Waals surface area contributed by atoms with E-state index >= 15 is 0 Å². The third-order valence-electron chi connectivity index (χ3n) is 2.71. The van der Waals surface area contributed by atoms with E-state index in [1.165, 1.54) is 0 Å². The van der Waals surface area contributed by atoms with Gasteiger partial charge in [0.1, 0.15) is 0 Å². The minimum atomic E-state index is -0.397. The van der Waals surface area contributed by atoms with Gasteiger partial charge in [-0.1, -0.05) is 6.07 Å². The van der Waals surface area contributed by atoms with Crippen LogP contribution < -0.4 is 5.32 Å². The van der Waals surface area contributed by atoms with Gasteiger partial charge in [-0.2, -0.15) is 0 Å². The van der Waals surface area contributed by atoms with Gasteiger partial charge in [0.05, 0.1) is 11.6 Å². The van der Waals surface area contributed by atoms with E-state index in [0.717, 1.165) is 10.9 Å². The maximum atomic E-state index is 11.9. The zero-order valence-electron chi connectivity index (χ0n) is 10.3. The first kappa shape index (κ1) is 12.5. The van der Waals surface area contributed by atoms with Crippen molar-refractivity contribution in [3.8, 4) is 0 Å². The molecule has 0 saturated heterocycles. The van der Waals surface area contributed by atoms with Crippen LogP contribution in [-0.4, -0.2) is 28.6 Å². The maximum Gasteiger partial charge on any atom is 0.251 e. The third kappa shape index (κ3) is 3.05. The first-order valence-electron chi connectivity index (χ1n) is 5.98. The molecule has 18 heavy (non-hydrogen) atoms. The van der Waals surface area contributed by atoms with E-state index < -0.39 is 6.10 Å². The summed E-state index contributed by atoms with van der Waals surface area (Å²) in [6, 6.07) is 9.18. The molecule has 1 aromatic carbocycles. The highest BCUT2D eigenvalue weighted by molar-refractivity contribution is 5.97. The number of hydrogen-bond acceptors (Lipinski definition) is 3. The molecule has 0 radical (unpaired) electrons. The molecule has 2 aromatic rings. The lowest BCUT2D eigenvalue weighted by atomic mass is 10.1. The SMILES string of the molecule is CC(O)CCNC(=O)c1ccc2ncccc2c1. The predicted molar refractivity (Wildman–Crippen MR) is 70.4 cm³/mol. The van der Waals surface area contributed by atoms with Crippen molar-refractivity contribution < 1.29 is 9.90 Å². The number of benzene rings is 1. The topological polar surface area (TPSA) is 62.2 Å². The Hall–Kier alpha value is -1.94. The van der Waals surface area contributed by atoms with Crippen LogP contribution in [0.5, 0.6) is 0 Å². The van der Waals surface area contributed by atoms with E-state index in [1.54, 1.807) is 19.2 Å². The highest BCUT2D eigenvalue weighted by atomic mass is 16.3. The highest BCUT2D eigenvalue weighted by Crippen LogP contribution is 2.13. The molecule has 2 rings (SSSR count). The number of aliphatic hydroxyl groups excluding tert-OH is 1. The summed E-state index contributed by atoms with van der Waals surface area (Å²) in [5.74, 6) is -0.124. The summed E-state index contributed by atoms with van der Waals surface area (Å²) in [5.41, 5.74) is 1.49. The van der Waals surface area contributed by atoms with E-state index in [4.69, 9.17) is 5.11 Å². The number of hydrogen-bond donors (Lipinski definition) is 2. The Morgan fingerprint density at radius 3 is 3.06 bits per heavy atom. The second-order valence-electron chi connectivity index (χ2n) is 4.30. The Kier molecular flexibility index (Phi) is 3.89. The number of carbonyl (C=O) groups is 1. The number of carbonyl (C=O) groups excluding carboxylic acids is 1. The lowest BCUT2D eigenvalue weighted by Crippen LogP contribution is -2.26. The molecular formula is C14H16N2O2. The molecule has 0 bridgehead atoms. The van der Waals surface area contributed by atoms with Gasteiger partial charge in [0.2, 0.25) is 0 Å². The number of aromatic nitrogens is 1. The molecule has 1 amide bonds. The molecule has 1 atom stereocenters. The van der Waals surface area contributed by atoms with Crippen LogP contribution in [0.25, 0.3) is 10.9 Å². The molecule has 1 heterocycles. The lowest BCUT2D eigenvalue weighted by Gasteiger charge is -2.07. The van der Waals surface area contributed by atoms with Crippen LogP contribution in [0.3, 0.4) is 0 Å². The minimum absolute atomic E-state index is 0.124. The number of rotatable bonds is 4. The van der Waals surface area contributed by atoms with Gasteiger partial charge in [-0.3, -0.25) is 9.78 Å². The summed E-state index contributed by atoms with van der Waals surface area (Å²) >= 11 is 0. The molecule has 4 heteroatoms. The molecule has 0 fully saturated rings. The van der Waals surface area contributed by atoms with Crippen molar-refractivity contribution in [2.75, 3.05) is 6.54 Å². The summed E-state index contributed by atoms with van der Waals surface area (Å²) < 4.78 is 0. The van der Waals surface area contributed by atoms with Gasteiger partial charge in [0, 0.05) is 23.7 Å². The number of aliphatic hydroxyl groups is 1. The third-order valence-corrected chi connectivity index (χ3v) is 2.71. The monoisotopic (exact) mass is 244 g/mol. The minimum Gasteiger partial charge on any atom is -0.393 e. The molecule has 0 saturated carbocycles. The van der Waals surface area contributed by atoms with Crippen LogP contribution in [0, 0.1) is 0 Å². The zero-order chi connectivity index (χ0) is 13.0. The molecule has 1 aromatic heterocycles. The second-order valence-corrected chi connectivity index (χ2v) is 4.30. The number of nitrogens with one attached hydrogen (secondary N) is 1. The summed E-state index contributed by atoms with van der Waals surface area (Å²) in [5, 5.41) is 12.8. The molecule has 94 valence electrons.